The lowest BCUT2D eigenvalue weighted by molar-refractivity contribution is -0.138. The summed E-state index contributed by atoms with van der Waals surface area (Å²) in [4.78, 5) is 18.9. The lowest BCUT2D eigenvalue weighted by Crippen LogP contribution is -2.43. The van der Waals surface area contributed by atoms with E-state index in [1.54, 1.807) is 19.0 Å². The topological polar surface area (TPSA) is 103 Å². The van der Waals surface area contributed by atoms with Crippen LogP contribution in [0.15, 0.2) is 4.99 Å². The van der Waals surface area contributed by atoms with Crippen LogP contribution < -0.4 is 15.4 Å². The molecule has 1 amide bonds. The number of nitrogens with one attached hydrogen (secondary N) is 3. The molecule has 1 aliphatic carbocycles. The van der Waals surface area contributed by atoms with Crippen LogP contribution in [-0.2, 0) is 14.8 Å². The SMILES string of the molecule is CCNC(=NCC1(C(=O)N(C)C)CCCC1)NCCCNS(C)(=O)=O.I. The Morgan fingerprint density at radius 2 is 1.77 bits per heavy atom. The highest BCUT2D eigenvalue weighted by Gasteiger charge is 2.41. The molecule has 8 nitrogen and oxygen atoms in total. The molecule has 26 heavy (non-hydrogen) atoms. The first kappa shape index (κ1) is 25.4. The number of carbonyl (C=O) groups excluding carboxylic acids is 1. The molecule has 0 heterocycles. The molecule has 0 aromatic heterocycles. The lowest BCUT2D eigenvalue weighted by atomic mass is 9.85. The zero-order valence-corrected chi connectivity index (χ0v) is 19.4. The van der Waals surface area contributed by atoms with Gasteiger partial charge in [-0.3, -0.25) is 9.79 Å². The van der Waals surface area contributed by atoms with E-state index in [1.807, 2.05) is 6.92 Å². The zero-order chi connectivity index (χ0) is 18.9. The monoisotopic (exact) mass is 503 g/mol. The lowest BCUT2D eigenvalue weighted by Gasteiger charge is -2.29. The average Bonchev–Trinajstić information content (AvgIpc) is 3.00. The van der Waals surface area contributed by atoms with E-state index >= 15 is 0 Å². The van der Waals surface area contributed by atoms with Crippen LogP contribution in [0.1, 0.15) is 39.0 Å². The van der Waals surface area contributed by atoms with Crippen molar-refractivity contribution in [2.45, 2.75) is 39.0 Å². The van der Waals surface area contributed by atoms with Crippen molar-refractivity contribution in [2.24, 2.45) is 10.4 Å². The molecule has 3 N–H and O–H groups in total. The summed E-state index contributed by atoms with van der Waals surface area (Å²) in [6.07, 6.45) is 5.69. The normalized spacial score (nSPS) is 16.7. The number of aliphatic imine (C=N–C) groups is 1. The van der Waals surface area contributed by atoms with E-state index in [0.717, 1.165) is 38.5 Å². The van der Waals surface area contributed by atoms with E-state index in [1.165, 1.54) is 0 Å². The predicted molar refractivity (Wildman–Crippen MR) is 116 cm³/mol. The van der Waals surface area contributed by atoms with E-state index < -0.39 is 10.0 Å². The second-order valence-corrected chi connectivity index (χ2v) is 8.66. The molecule has 0 bridgehead atoms. The molecular weight excluding hydrogens is 469 g/mol. The maximum atomic E-state index is 12.6. The molecule has 0 unspecified atom stereocenters. The maximum Gasteiger partial charge on any atom is 0.230 e. The molecule has 1 saturated carbocycles. The number of sulfonamides is 1. The zero-order valence-electron chi connectivity index (χ0n) is 16.3. The van der Waals surface area contributed by atoms with Crippen molar-refractivity contribution in [1.29, 1.82) is 0 Å². The van der Waals surface area contributed by atoms with Gasteiger partial charge in [0, 0.05) is 33.7 Å². The van der Waals surface area contributed by atoms with E-state index in [-0.39, 0.29) is 35.3 Å². The van der Waals surface area contributed by atoms with Gasteiger partial charge in [-0.2, -0.15) is 0 Å². The van der Waals surface area contributed by atoms with E-state index in [2.05, 4.69) is 20.3 Å². The number of carbonyl (C=O) groups is 1. The van der Waals surface area contributed by atoms with Gasteiger partial charge in [0.2, 0.25) is 15.9 Å². The summed E-state index contributed by atoms with van der Waals surface area (Å²) in [6, 6.07) is 0. The fraction of sp³-hybridized carbons (Fsp3) is 0.875. The number of halogens is 1. The summed E-state index contributed by atoms with van der Waals surface area (Å²) >= 11 is 0. The van der Waals surface area contributed by atoms with Crippen molar-refractivity contribution in [3.63, 3.8) is 0 Å². The van der Waals surface area contributed by atoms with Crippen LogP contribution in [-0.4, -0.2) is 71.7 Å². The third-order valence-corrected chi connectivity index (χ3v) is 5.04. The molecule has 0 spiro atoms. The van der Waals surface area contributed by atoms with Crippen molar-refractivity contribution in [2.75, 3.05) is 46.5 Å². The molecular formula is C16H34IN5O3S. The highest BCUT2D eigenvalue weighted by Crippen LogP contribution is 2.39. The predicted octanol–water partition coefficient (Wildman–Crippen LogP) is 0.747. The fourth-order valence-electron chi connectivity index (χ4n) is 3.09. The second kappa shape index (κ2) is 12.0. The highest BCUT2D eigenvalue weighted by molar-refractivity contribution is 14.0. The number of guanidine groups is 1. The van der Waals surface area contributed by atoms with Gasteiger partial charge in [-0.05, 0) is 26.2 Å². The number of rotatable bonds is 9. The first-order valence-electron chi connectivity index (χ1n) is 8.89. The van der Waals surface area contributed by atoms with Crippen molar-refractivity contribution in [1.82, 2.24) is 20.3 Å². The van der Waals surface area contributed by atoms with Crippen LogP contribution >= 0.6 is 24.0 Å². The van der Waals surface area contributed by atoms with E-state index in [0.29, 0.717) is 32.0 Å². The first-order chi connectivity index (χ1) is 11.7. The van der Waals surface area contributed by atoms with Crippen molar-refractivity contribution < 1.29 is 13.2 Å². The van der Waals surface area contributed by atoms with Gasteiger partial charge >= 0.3 is 0 Å². The molecule has 154 valence electrons. The van der Waals surface area contributed by atoms with Gasteiger partial charge in [0.05, 0.1) is 18.2 Å². The summed E-state index contributed by atoms with van der Waals surface area (Å²) in [6.45, 7) is 4.17. The Kier molecular flexibility index (Phi) is 11.7. The van der Waals surface area contributed by atoms with Crippen LogP contribution in [0.4, 0.5) is 0 Å². The van der Waals surface area contributed by atoms with Crippen LogP contribution in [0.5, 0.6) is 0 Å². The van der Waals surface area contributed by atoms with Crippen molar-refractivity contribution >= 4 is 45.9 Å². The Bertz CT molecular complexity index is 560. The number of amides is 1. The molecule has 0 aromatic carbocycles. The smallest absolute Gasteiger partial charge is 0.230 e. The van der Waals surface area contributed by atoms with Gasteiger partial charge in [0.1, 0.15) is 0 Å². The van der Waals surface area contributed by atoms with E-state index in [9.17, 15) is 13.2 Å². The summed E-state index contributed by atoms with van der Waals surface area (Å²) in [5, 5.41) is 6.37. The van der Waals surface area contributed by atoms with Gasteiger partial charge in [0.15, 0.2) is 5.96 Å². The first-order valence-corrected chi connectivity index (χ1v) is 10.8. The minimum absolute atomic E-state index is 0. The third kappa shape index (κ3) is 8.85. The van der Waals surface area contributed by atoms with Gasteiger partial charge < -0.3 is 15.5 Å². The van der Waals surface area contributed by atoms with Crippen molar-refractivity contribution in [3.05, 3.63) is 0 Å². The molecule has 1 rings (SSSR count). The molecule has 1 aliphatic rings. The summed E-state index contributed by atoms with van der Waals surface area (Å²) in [5.74, 6) is 0.821. The largest absolute Gasteiger partial charge is 0.357 e. The summed E-state index contributed by atoms with van der Waals surface area (Å²) in [7, 11) is 0.444. The molecule has 0 aromatic rings. The minimum atomic E-state index is -3.15. The molecule has 0 radical (unpaired) electrons. The molecule has 0 aliphatic heterocycles. The standard InChI is InChI=1S/C16H33N5O3S.HI/c1-5-17-15(18-11-8-12-20-25(4,23)24)19-13-16(9-6-7-10-16)14(22)21(2)3;/h20H,5-13H2,1-4H3,(H2,17,18,19);1H. The summed E-state index contributed by atoms with van der Waals surface area (Å²) in [5.41, 5.74) is -0.385. The van der Waals surface area contributed by atoms with Gasteiger partial charge in [-0.25, -0.2) is 13.1 Å². The summed E-state index contributed by atoms with van der Waals surface area (Å²) < 4.78 is 24.5. The number of nitrogens with zero attached hydrogens (tertiary/aromatic N) is 2. The molecule has 0 atom stereocenters. The van der Waals surface area contributed by atoms with Gasteiger partial charge in [-0.15, -0.1) is 24.0 Å². The minimum Gasteiger partial charge on any atom is -0.357 e. The Morgan fingerprint density at radius 1 is 1.15 bits per heavy atom. The maximum absolute atomic E-state index is 12.6. The Labute approximate surface area is 175 Å². The third-order valence-electron chi connectivity index (χ3n) is 4.31. The van der Waals surface area contributed by atoms with E-state index in [4.69, 9.17) is 0 Å². The highest BCUT2D eigenvalue weighted by atomic mass is 127. The number of hydrogen-bond acceptors (Lipinski definition) is 4. The Morgan fingerprint density at radius 3 is 2.27 bits per heavy atom. The van der Waals surface area contributed by atoms with Crippen LogP contribution in [0.25, 0.3) is 0 Å². The van der Waals surface area contributed by atoms with Crippen LogP contribution in [0, 0.1) is 5.41 Å². The average molecular weight is 503 g/mol. The second-order valence-electron chi connectivity index (χ2n) is 6.83. The van der Waals surface area contributed by atoms with Crippen molar-refractivity contribution in [3.8, 4) is 0 Å². The van der Waals surface area contributed by atoms with Crippen LogP contribution in [0.2, 0.25) is 0 Å². The molecule has 0 saturated heterocycles. The fourth-order valence-corrected chi connectivity index (χ4v) is 3.61. The Hall–Kier alpha value is -0.620. The van der Waals surface area contributed by atoms with Crippen LogP contribution in [0.3, 0.4) is 0 Å². The molecule has 10 heteroatoms. The number of hydrogen-bond donors (Lipinski definition) is 3. The Balaban J connectivity index is 0.00000625. The van der Waals surface area contributed by atoms with Gasteiger partial charge in [0.25, 0.3) is 0 Å². The van der Waals surface area contributed by atoms with Gasteiger partial charge in [-0.1, -0.05) is 12.8 Å². The quantitative estimate of drug-likeness (QED) is 0.187. The molecule has 1 fully saturated rings.